The minimum Gasteiger partial charge on any atom is -0.375 e. The maximum atomic E-state index is 13.0. The molecule has 3 heterocycles. The zero-order chi connectivity index (χ0) is 15.3. The van der Waals surface area contributed by atoms with Gasteiger partial charge in [-0.3, -0.25) is 14.4 Å². The van der Waals surface area contributed by atoms with Gasteiger partial charge in [-0.25, -0.2) is 0 Å². The molecule has 6 heteroatoms. The third-order valence-electron chi connectivity index (χ3n) is 5.33. The maximum absolute atomic E-state index is 13.0. The third-order valence-corrected chi connectivity index (χ3v) is 5.33. The number of carbonyl (C=O) groups is 1. The van der Waals surface area contributed by atoms with Crippen molar-refractivity contribution in [2.45, 2.75) is 37.3 Å². The average Bonchev–Trinajstić information content (AvgIpc) is 3.29. The smallest absolute Gasteiger partial charge is 0.257 e. The third kappa shape index (κ3) is 2.34. The number of aromatic nitrogens is 2. The Morgan fingerprint density at radius 1 is 1.27 bits per heavy atom. The zero-order valence-corrected chi connectivity index (χ0v) is 13.4. The fraction of sp³-hybridized carbons (Fsp3) is 0.750. The summed E-state index contributed by atoms with van der Waals surface area (Å²) >= 11 is 0. The van der Waals surface area contributed by atoms with Gasteiger partial charge in [0.25, 0.3) is 5.91 Å². The Bertz CT molecular complexity index is 581. The first kappa shape index (κ1) is 14.2. The molecule has 3 aliphatic rings. The fourth-order valence-corrected chi connectivity index (χ4v) is 3.85. The monoisotopic (exact) mass is 304 g/mol. The number of rotatable bonds is 2. The molecule has 0 N–H and O–H groups in total. The van der Waals surface area contributed by atoms with Crippen LogP contribution in [-0.2, 0) is 11.8 Å². The summed E-state index contributed by atoms with van der Waals surface area (Å²) in [7, 11) is 4.08. The summed E-state index contributed by atoms with van der Waals surface area (Å²) in [4.78, 5) is 17.3. The highest BCUT2D eigenvalue weighted by atomic mass is 16.5. The number of likely N-dealkylation sites (tertiary alicyclic amines) is 1. The van der Waals surface area contributed by atoms with Crippen molar-refractivity contribution in [2.24, 2.45) is 7.05 Å². The number of hydrogen-bond acceptors (Lipinski definition) is 4. The van der Waals surface area contributed by atoms with Gasteiger partial charge in [0.15, 0.2) is 0 Å². The number of hydrogen-bond donors (Lipinski definition) is 0. The minimum atomic E-state index is 0.146. The van der Waals surface area contributed by atoms with Crippen LogP contribution in [0.25, 0.3) is 0 Å². The highest BCUT2D eigenvalue weighted by molar-refractivity contribution is 5.95. The van der Waals surface area contributed by atoms with Crippen molar-refractivity contribution in [1.82, 2.24) is 19.6 Å². The number of aryl methyl sites for hydroxylation is 1. The van der Waals surface area contributed by atoms with Crippen molar-refractivity contribution in [3.63, 3.8) is 0 Å². The van der Waals surface area contributed by atoms with E-state index in [0.29, 0.717) is 12.0 Å². The van der Waals surface area contributed by atoms with Crippen molar-refractivity contribution in [3.8, 4) is 0 Å². The molecule has 2 atom stereocenters. The highest BCUT2D eigenvalue weighted by Gasteiger charge is 2.39. The molecule has 4 rings (SSSR count). The lowest BCUT2D eigenvalue weighted by atomic mass is 9.98. The Morgan fingerprint density at radius 3 is 2.86 bits per heavy atom. The molecule has 6 nitrogen and oxygen atoms in total. The van der Waals surface area contributed by atoms with E-state index in [1.54, 1.807) is 6.20 Å². The molecular weight excluding hydrogens is 280 g/mol. The number of ether oxygens (including phenoxy) is 1. The number of nitrogens with zero attached hydrogens (tertiary/aromatic N) is 4. The van der Waals surface area contributed by atoms with Crippen LogP contribution in [0.1, 0.15) is 41.2 Å². The molecule has 2 saturated heterocycles. The number of likely N-dealkylation sites (N-methyl/N-ethyl adjacent to an activating group) is 1. The summed E-state index contributed by atoms with van der Waals surface area (Å²) < 4.78 is 7.75. The van der Waals surface area contributed by atoms with Gasteiger partial charge in [-0.05, 0) is 26.3 Å². The lowest BCUT2D eigenvalue weighted by Gasteiger charge is -2.45. The molecule has 0 bridgehead atoms. The van der Waals surface area contributed by atoms with Gasteiger partial charge in [0, 0.05) is 32.6 Å². The normalized spacial score (nSPS) is 29.5. The first-order valence-corrected chi connectivity index (χ1v) is 8.28. The van der Waals surface area contributed by atoms with E-state index >= 15 is 0 Å². The minimum absolute atomic E-state index is 0.146. The quantitative estimate of drug-likeness (QED) is 0.812. The Balaban J connectivity index is 1.53. The Kier molecular flexibility index (Phi) is 3.46. The topological polar surface area (TPSA) is 50.6 Å². The van der Waals surface area contributed by atoms with Crippen LogP contribution in [0.15, 0.2) is 6.20 Å². The van der Waals surface area contributed by atoms with E-state index < -0.39 is 0 Å². The first-order chi connectivity index (χ1) is 10.6. The van der Waals surface area contributed by atoms with Gasteiger partial charge in [0.2, 0.25) is 0 Å². The molecular formula is C16H24N4O2. The summed E-state index contributed by atoms with van der Waals surface area (Å²) in [5, 5.41) is 4.32. The first-order valence-electron chi connectivity index (χ1n) is 8.28. The fourth-order valence-electron chi connectivity index (χ4n) is 3.85. The molecule has 2 unspecified atom stereocenters. The molecule has 1 aromatic heterocycles. The van der Waals surface area contributed by atoms with Crippen LogP contribution in [0, 0.1) is 0 Å². The van der Waals surface area contributed by atoms with Crippen molar-refractivity contribution in [3.05, 3.63) is 17.5 Å². The van der Waals surface area contributed by atoms with Crippen LogP contribution in [0.2, 0.25) is 0 Å². The lowest BCUT2D eigenvalue weighted by molar-refractivity contribution is -0.0893. The number of carbonyl (C=O) groups excluding carboxylic acids is 1. The molecule has 1 amide bonds. The average molecular weight is 304 g/mol. The van der Waals surface area contributed by atoms with Gasteiger partial charge in [-0.2, -0.15) is 5.10 Å². The van der Waals surface area contributed by atoms with Gasteiger partial charge in [-0.15, -0.1) is 0 Å². The molecule has 22 heavy (non-hydrogen) atoms. The Labute approximate surface area is 131 Å². The van der Waals surface area contributed by atoms with E-state index in [4.69, 9.17) is 4.74 Å². The van der Waals surface area contributed by atoms with Crippen LogP contribution in [0.4, 0.5) is 0 Å². The van der Waals surface area contributed by atoms with E-state index in [-0.39, 0.29) is 12.0 Å². The van der Waals surface area contributed by atoms with Gasteiger partial charge >= 0.3 is 0 Å². The molecule has 1 saturated carbocycles. The highest BCUT2D eigenvalue weighted by Crippen LogP contribution is 2.41. The predicted molar refractivity (Wildman–Crippen MR) is 81.9 cm³/mol. The van der Waals surface area contributed by atoms with E-state index in [1.165, 1.54) is 12.8 Å². The van der Waals surface area contributed by atoms with Gasteiger partial charge in [-0.1, -0.05) is 0 Å². The summed E-state index contributed by atoms with van der Waals surface area (Å²) in [5.41, 5.74) is 1.93. The summed E-state index contributed by atoms with van der Waals surface area (Å²) in [6.07, 6.45) is 5.32. The summed E-state index contributed by atoms with van der Waals surface area (Å²) in [6.45, 7) is 3.30. The predicted octanol–water partition coefficient (Wildman–Crippen LogP) is 0.843. The standard InChI is InChI=1S/C16H24N4O2/c1-18-7-8-22-14-5-6-20(10-13(14)18)16(21)12-9-17-19(2)15(12)11-3-4-11/h9,11,13-14H,3-8,10H2,1-2H3. The van der Waals surface area contributed by atoms with Crippen molar-refractivity contribution in [1.29, 1.82) is 0 Å². The van der Waals surface area contributed by atoms with E-state index in [9.17, 15) is 4.79 Å². The van der Waals surface area contributed by atoms with Crippen molar-refractivity contribution >= 4 is 5.91 Å². The molecule has 0 aromatic carbocycles. The van der Waals surface area contributed by atoms with E-state index in [0.717, 1.165) is 43.9 Å². The number of fused-ring (bicyclic) bond motifs is 1. The molecule has 120 valence electrons. The second kappa shape index (κ2) is 5.35. The van der Waals surface area contributed by atoms with Gasteiger partial charge in [0.1, 0.15) is 0 Å². The molecule has 0 spiro atoms. The SMILES string of the molecule is CN1CCOC2CCN(C(=O)c3cnn(C)c3C3CC3)CC21. The van der Waals surface area contributed by atoms with Crippen LogP contribution in [0.5, 0.6) is 0 Å². The van der Waals surface area contributed by atoms with Crippen LogP contribution < -0.4 is 0 Å². The Hall–Kier alpha value is -1.40. The molecule has 0 radical (unpaired) electrons. The number of amides is 1. The van der Waals surface area contributed by atoms with E-state index in [2.05, 4.69) is 17.0 Å². The van der Waals surface area contributed by atoms with Gasteiger partial charge < -0.3 is 9.64 Å². The zero-order valence-electron chi connectivity index (χ0n) is 13.4. The van der Waals surface area contributed by atoms with Crippen molar-refractivity contribution < 1.29 is 9.53 Å². The molecule has 1 aliphatic carbocycles. The lowest BCUT2D eigenvalue weighted by Crippen LogP contribution is -2.59. The number of morpholine rings is 1. The molecule has 3 fully saturated rings. The number of piperidine rings is 1. The summed E-state index contributed by atoms with van der Waals surface area (Å²) in [6, 6.07) is 0.326. The molecule has 2 aliphatic heterocycles. The van der Waals surface area contributed by atoms with Crippen LogP contribution >= 0.6 is 0 Å². The second-order valence-corrected chi connectivity index (χ2v) is 6.84. The van der Waals surface area contributed by atoms with Crippen LogP contribution in [-0.4, -0.2) is 70.9 Å². The van der Waals surface area contributed by atoms with E-state index in [1.807, 2.05) is 16.6 Å². The van der Waals surface area contributed by atoms with Crippen molar-refractivity contribution in [2.75, 3.05) is 33.3 Å². The van der Waals surface area contributed by atoms with Gasteiger partial charge in [0.05, 0.1) is 36.2 Å². The summed E-state index contributed by atoms with van der Waals surface area (Å²) in [5.74, 6) is 0.678. The largest absolute Gasteiger partial charge is 0.375 e. The molecule has 1 aromatic rings. The second-order valence-electron chi connectivity index (χ2n) is 6.84. The maximum Gasteiger partial charge on any atom is 0.257 e. The Morgan fingerprint density at radius 2 is 2.09 bits per heavy atom. The van der Waals surface area contributed by atoms with Crippen LogP contribution in [0.3, 0.4) is 0 Å².